The van der Waals surface area contributed by atoms with Crippen LogP contribution in [0.4, 0.5) is 0 Å². The summed E-state index contributed by atoms with van der Waals surface area (Å²) in [5.74, 6) is 0.387. The minimum atomic E-state index is -0.0101. The molecule has 1 aliphatic carbocycles. The summed E-state index contributed by atoms with van der Waals surface area (Å²) in [7, 11) is 1.69. The number of fused-ring (bicyclic) bond motifs is 1. The largest absolute Gasteiger partial charge is 0.354 e. The van der Waals surface area contributed by atoms with Crippen molar-refractivity contribution in [2.24, 2.45) is 0 Å². The third-order valence-corrected chi connectivity index (χ3v) is 6.37. The highest BCUT2D eigenvalue weighted by Gasteiger charge is 2.34. The molecule has 122 valence electrons. The standard InChI is InChI=1S/C17H22N4OS/c1-18-16(22)15-13(14-17(23-15)20-8-7-19-14)11-6-9-21(10-11)12-4-2-3-5-12/h7-8,11-12H,2-6,9-10H2,1H3,(H,18,22)/t11-/m1/s1. The Hall–Kier alpha value is -1.53. The summed E-state index contributed by atoms with van der Waals surface area (Å²) < 4.78 is 0. The fourth-order valence-electron chi connectivity index (χ4n) is 4.13. The molecule has 2 aromatic heterocycles. The Morgan fingerprint density at radius 2 is 2.04 bits per heavy atom. The van der Waals surface area contributed by atoms with Crippen LogP contribution in [0.3, 0.4) is 0 Å². The minimum Gasteiger partial charge on any atom is -0.354 e. The summed E-state index contributed by atoms with van der Waals surface area (Å²) in [4.78, 5) is 25.6. The van der Waals surface area contributed by atoms with Crippen molar-refractivity contribution in [3.63, 3.8) is 0 Å². The average molecular weight is 330 g/mol. The fourth-order valence-corrected chi connectivity index (χ4v) is 5.26. The molecule has 3 heterocycles. The Kier molecular flexibility index (Phi) is 4.03. The van der Waals surface area contributed by atoms with E-state index in [4.69, 9.17) is 0 Å². The van der Waals surface area contributed by atoms with Crippen molar-refractivity contribution in [2.45, 2.75) is 44.1 Å². The summed E-state index contributed by atoms with van der Waals surface area (Å²) >= 11 is 1.47. The Bertz CT molecular complexity index is 722. The van der Waals surface area contributed by atoms with Gasteiger partial charge in [0.15, 0.2) is 0 Å². The van der Waals surface area contributed by atoms with Gasteiger partial charge in [-0.15, -0.1) is 11.3 Å². The highest BCUT2D eigenvalue weighted by Crippen LogP contribution is 2.40. The first-order valence-corrected chi connectivity index (χ1v) is 9.29. The fraction of sp³-hybridized carbons (Fsp3) is 0.588. The van der Waals surface area contributed by atoms with Gasteiger partial charge in [0, 0.05) is 43.5 Å². The second-order valence-corrected chi connectivity index (χ2v) is 7.55. The molecule has 23 heavy (non-hydrogen) atoms. The normalized spacial score (nSPS) is 22.9. The summed E-state index contributed by atoms with van der Waals surface area (Å²) in [6, 6.07) is 0.749. The minimum absolute atomic E-state index is 0.0101. The number of rotatable bonds is 3. The highest BCUT2D eigenvalue weighted by atomic mass is 32.1. The zero-order valence-electron chi connectivity index (χ0n) is 13.4. The molecule has 1 saturated heterocycles. The lowest BCUT2D eigenvalue weighted by molar-refractivity contribution is 0.0966. The van der Waals surface area contributed by atoms with Gasteiger partial charge in [0.1, 0.15) is 10.3 Å². The molecule has 0 spiro atoms. The van der Waals surface area contributed by atoms with Crippen LogP contribution in [0, 0.1) is 0 Å². The van der Waals surface area contributed by atoms with Gasteiger partial charge in [-0.2, -0.15) is 0 Å². The molecule has 1 amide bonds. The van der Waals surface area contributed by atoms with Crippen molar-refractivity contribution < 1.29 is 4.79 Å². The summed E-state index contributed by atoms with van der Waals surface area (Å²) in [6.07, 6.45) is 9.94. The lowest BCUT2D eigenvalue weighted by Gasteiger charge is -2.23. The van der Waals surface area contributed by atoms with Crippen LogP contribution in [-0.4, -0.2) is 47.0 Å². The van der Waals surface area contributed by atoms with Crippen molar-refractivity contribution >= 4 is 27.6 Å². The van der Waals surface area contributed by atoms with Crippen LogP contribution in [0.15, 0.2) is 12.4 Å². The molecule has 1 N–H and O–H groups in total. The van der Waals surface area contributed by atoms with E-state index in [1.807, 2.05) is 0 Å². The lowest BCUT2D eigenvalue weighted by atomic mass is 9.97. The van der Waals surface area contributed by atoms with E-state index >= 15 is 0 Å². The molecular weight excluding hydrogens is 308 g/mol. The Balaban J connectivity index is 1.68. The molecule has 1 saturated carbocycles. The van der Waals surface area contributed by atoms with Crippen LogP contribution in [0.1, 0.15) is 53.3 Å². The van der Waals surface area contributed by atoms with Gasteiger partial charge >= 0.3 is 0 Å². The number of hydrogen-bond donors (Lipinski definition) is 1. The molecule has 0 radical (unpaired) electrons. The van der Waals surface area contributed by atoms with Crippen LogP contribution in [0.25, 0.3) is 10.3 Å². The monoisotopic (exact) mass is 330 g/mol. The van der Waals surface area contributed by atoms with Crippen LogP contribution in [0.2, 0.25) is 0 Å². The topological polar surface area (TPSA) is 58.1 Å². The Labute approximate surface area is 140 Å². The summed E-state index contributed by atoms with van der Waals surface area (Å²) in [6.45, 7) is 2.19. The molecular formula is C17H22N4OS. The number of hydrogen-bond acceptors (Lipinski definition) is 5. The number of thiophene rings is 1. The van der Waals surface area contributed by atoms with E-state index < -0.39 is 0 Å². The van der Waals surface area contributed by atoms with Crippen LogP contribution < -0.4 is 5.32 Å². The maximum Gasteiger partial charge on any atom is 0.261 e. The number of nitrogens with zero attached hydrogens (tertiary/aromatic N) is 3. The molecule has 0 bridgehead atoms. The molecule has 0 unspecified atom stereocenters. The molecule has 1 aliphatic heterocycles. The van der Waals surface area contributed by atoms with Crippen molar-refractivity contribution in [1.82, 2.24) is 20.2 Å². The first-order chi connectivity index (χ1) is 11.3. The number of likely N-dealkylation sites (tertiary alicyclic amines) is 1. The zero-order valence-corrected chi connectivity index (χ0v) is 14.2. The van der Waals surface area contributed by atoms with E-state index in [1.165, 1.54) is 37.0 Å². The van der Waals surface area contributed by atoms with Gasteiger partial charge in [-0.05, 0) is 25.8 Å². The number of nitrogens with one attached hydrogen (secondary N) is 1. The smallest absolute Gasteiger partial charge is 0.261 e. The van der Waals surface area contributed by atoms with Crippen LogP contribution in [-0.2, 0) is 0 Å². The summed E-state index contributed by atoms with van der Waals surface area (Å²) in [5, 5.41) is 2.77. The molecule has 2 fully saturated rings. The van der Waals surface area contributed by atoms with Gasteiger partial charge < -0.3 is 5.32 Å². The summed E-state index contributed by atoms with van der Waals surface area (Å²) in [5.41, 5.74) is 2.05. The number of carbonyl (C=O) groups is 1. The van der Waals surface area contributed by atoms with Gasteiger partial charge in [0.25, 0.3) is 5.91 Å². The highest BCUT2D eigenvalue weighted by molar-refractivity contribution is 7.20. The van der Waals surface area contributed by atoms with E-state index in [2.05, 4.69) is 20.2 Å². The lowest BCUT2D eigenvalue weighted by Crippen LogP contribution is -2.30. The van der Waals surface area contributed by atoms with Gasteiger partial charge in [-0.1, -0.05) is 12.8 Å². The maximum atomic E-state index is 12.3. The Morgan fingerprint density at radius 1 is 1.26 bits per heavy atom. The molecule has 1 atom stereocenters. The van der Waals surface area contributed by atoms with E-state index in [0.717, 1.165) is 46.3 Å². The third kappa shape index (κ3) is 2.64. The molecule has 0 aromatic carbocycles. The van der Waals surface area contributed by atoms with E-state index in [9.17, 15) is 4.79 Å². The first kappa shape index (κ1) is 15.0. The van der Waals surface area contributed by atoms with Crippen molar-refractivity contribution in [1.29, 1.82) is 0 Å². The molecule has 2 aromatic rings. The van der Waals surface area contributed by atoms with E-state index in [1.54, 1.807) is 19.4 Å². The quantitative estimate of drug-likeness (QED) is 0.940. The third-order valence-electron chi connectivity index (χ3n) is 5.27. The Morgan fingerprint density at radius 3 is 2.83 bits per heavy atom. The van der Waals surface area contributed by atoms with Crippen molar-refractivity contribution in [3.05, 3.63) is 22.8 Å². The van der Waals surface area contributed by atoms with Gasteiger partial charge in [-0.3, -0.25) is 14.7 Å². The predicted octanol–water partition coefficient (Wildman–Crippen LogP) is 2.78. The maximum absolute atomic E-state index is 12.3. The number of carbonyl (C=O) groups excluding carboxylic acids is 1. The molecule has 2 aliphatic rings. The first-order valence-electron chi connectivity index (χ1n) is 8.47. The predicted molar refractivity (Wildman–Crippen MR) is 92.0 cm³/mol. The number of aromatic nitrogens is 2. The second kappa shape index (κ2) is 6.17. The molecule has 4 rings (SSSR count). The van der Waals surface area contributed by atoms with E-state index in [-0.39, 0.29) is 5.91 Å². The SMILES string of the molecule is CNC(=O)c1sc2nccnc2c1[C@@H]1CCN(C2CCCC2)C1. The van der Waals surface area contributed by atoms with Gasteiger partial charge in [0.2, 0.25) is 0 Å². The van der Waals surface area contributed by atoms with Gasteiger partial charge in [-0.25, -0.2) is 4.98 Å². The molecule has 5 nitrogen and oxygen atoms in total. The molecule has 6 heteroatoms. The van der Waals surface area contributed by atoms with Crippen LogP contribution in [0.5, 0.6) is 0 Å². The number of amides is 1. The second-order valence-electron chi connectivity index (χ2n) is 6.55. The van der Waals surface area contributed by atoms with Crippen LogP contribution >= 0.6 is 11.3 Å². The average Bonchev–Trinajstić information content (AvgIpc) is 3.30. The van der Waals surface area contributed by atoms with E-state index in [0.29, 0.717) is 5.92 Å². The van der Waals surface area contributed by atoms with Crippen molar-refractivity contribution in [3.8, 4) is 0 Å². The zero-order chi connectivity index (χ0) is 15.8. The van der Waals surface area contributed by atoms with Gasteiger partial charge in [0.05, 0.1) is 4.88 Å². The van der Waals surface area contributed by atoms with Crippen molar-refractivity contribution in [2.75, 3.05) is 20.1 Å².